The molecule has 1 saturated heterocycles. The molecule has 1 aromatic heterocycles. The van der Waals surface area contributed by atoms with Crippen LogP contribution in [0.25, 0.3) is 0 Å². The zero-order valence-corrected chi connectivity index (χ0v) is 14.9. The Morgan fingerprint density at radius 3 is 2.87 bits per heavy atom. The summed E-state index contributed by atoms with van der Waals surface area (Å²) >= 11 is 1.64. The number of amides is 2. The van der Waals surface area contributed by atoms with Gasteiger partial charge in [-0.25, -0.2) is 0 Å². The zero-order chi connectivity index (χ0) is 16.6. The summed E-state index contributed by atoms with van der Waals surface area (Å²) in [5, 5.41) is 1.97. The quantitative estimate of drug-likeness (QED) is 0.842. The first-order valence-corrected chi connectivity index (χ1v) is 9.15. The molecule has 0 spiro atoms. The number of thiophene rings is 1. The standard InChI is InChI=1S/C17H25N3O2S/c1-12-9-20(10-14(12)18(2)3)16(21)11-19-7-4-5-15-13(17(19)22)6-8-23-15/h6,8,12,14H,4-5,7,9-11H2,1-3H3/t12-,14-/m1/s1. The van der Waals surface area contributed by atoms with Gasteiger partial charge in [0.2, 0.25) is 5.91 Å². The van der Waals surface area contributed by atoms with Crippen LogP contribution in [0.1, 0.15) is 28.6 Å². The summed E-state index contributed by atoms with van der Waals surface area (Å²) in [6.45, 7) is 4.62. The van der Waals surface area contributed by atoms with Gasteiger partial charge in [-0.3, -0.25) is 9.59 Å². The Morgan fingerprint density at radius 2 is 2.17 bits per heavy atom. The number of likely N-dealkylation sites (tertiary alicyclic amines) is 1. The molecule has 0 unspecified atom stereocenters. The summed E-state index contributed by atoms with van der Waals surface area (Å²) < 4.78 is 0. The van der Waals surface area contributed by atoms with E-state index in [1.54, 1.807) is 16.2 Å². The highest BCUT2D eigenvalue weighted by Gasteiger charge is 2.35. The van der Waals surface area contributed by atoms with E-state index in [1.807, 2.05) is 16.3 Å². The third-order valence-corrected chi connectivity index (χ3v) is 5.99. The summed E-state index contributed by atoms with van der Waals surface area (Å²) in [5.41, 5.74) is 0.793. The van der Waals surface area contributed by atoms with E-state index >= 15 is 0 Å². The summed E-state index contributed by atoms with van der Waals surface area (Å²) in [5.74, 6) is 0.564. The van der Waals surface area contributed by atoms with Crippen LogP contribution in [-0.4, -0.2) is 72.8 Å². The van der Waals surface area contributed by atoms with Crippen molar-refractivity contribution < 1.29 is 9.59 Å². The molecule has 126 valence electrons. The maximum Gasteiger partial charge on any atom is 0.255 e. The van der Waals surface area contributed by atoms with Gasteiger partial charge >= 0.3 is 0 Å². The molecule has 1 fully saturated rings. The van der Waals surface area contributed by atoms with Crippen LogP contribution in [0.2, 0.25) is 0 Å². The Bertz CT molecular complexity index is 598. The lowest BCUT2D eigenvalue weighted by molar-refractivity contribution is -0.131. The van der Waals surface area contributed by atoms with Crippen LogP contribution in [-0.2, 0) is 11.2 Å². The lowest BCUT2D eigenvalue weighted by Crippen LogP contribution is -2.43. The summed E-state index contributed by atoms with van der Waals surface area (Å²) in [6, 6.07) is 2.30. The van der Waals surface area contributed by atoms with Gasteiger partial charge in [-0.05, 0) is 44.3 Å². The maximum absolute atomic E-state index is 12.7. The molecule has 0 saturated carbocycles. The highest BCUT2D eigenvalue weighted by Crippen LogP contribution is 2.24. The predicted octanol–water partition coefficient (Wildman–Crippen LogP) is 1.54. The van der Waals surface area contributed by atoms with E-state index in [2.05, 4.69) is 25.9 Å². The number of fused-ring (bicyclic) bond motifs is 1. The smallest absolute Gasteiger partial charge is 0.255 e. The van der Waals surface area contributed by atoms with Gasteiger partial charge in [0.25, 0.3) is 5.91 Å². The fourth-order valence-electron chi connectivity index (χ4n) is 3.67. The molecule has 3 rings (SSSR count). The van der Waals surface area contributed by atoms with Crippen LogP contribution in [0.3, 0.4) is 0 Å². The third kappa shape index (κ3) is 3.28. The summed E-state index contributed by atoms with van der Waals surface area (Å²) in [6.07, 6.45) is 1.87. The van der Waals surface area contributed by atoms with Gasteiger partial charge < -0.3 is 14.7 Å². The molecule has 23 heavy (non-hydrogen) atoms. The first-order chi connectivity index (χ1) is 11.0. The van der Waals surface area contributed by atoms with Gasteiger partial charge in [-0.1, -0.05) is 6.92 Å². The molecule has 0 bridgehead atoms. The fraction of sp³-hybridized carbons (Fsp3) is 0.647. The van der Waals surface area contributed by atoms with Gasteiger partial charge in [-0.15, -0.1) is 11.3 Å². The van der Waals surface area contributed by atoms with Crippen molar-refractivity contribution in [1.29, 1.82) is 0 Å². The Balaban J connectivity index is 1.65. The second-order valence-electron chi connectivity index (χ2n) is 6.89. The van der Waals surface area contributed by atoms with Crippen molar-refractivity contribution in [3.05, 3.63) is 21.9 Å². The summed E-state index contributed by atoms with van der Waals surface area (Å²) in [7, 11) is 4.12. The van der Waals surface area contributed by atoms with Crippen LogP contribution < -0.4 is 0 Å². The largest absolute Gasteiger partial charge is 0.339 e. The lowest BCUT2D eigenvalue weighted by Gasteiger charge is -2.25. The second kappa shape index (κ2) is 6.61. The van der Waals surface area contributed by atoms with Crippen LogP contribution in [0, 0.1) is 5.92 Å². The average molecular weight is 335 g/mol. The minimum Gasteiger partial charge on any atom is -0.339 e. The molecule has 2 atom stereocenters. The maximum atomic E-state index is 12.7. The first-order valence-electron chi connectivity index (χ1n) is 8.27. The molecule has 2 amide bonds. The molecule has 3 heterocycles. The molecular formula is C17H25N3O2S. The molecule has 0 N–H and O–H groups in total. The van der Waals surface area contributed by atoms with E-state index in [1.165, 1.54) is 0 Å². The number of likely N-dealkylation sites (N-methyl/N-ethyl adjacent to an activating group) is 1. The fourth-order valence-corrected chi connectivity index (χ4v) is 4.58. The first kappa shape index (κ1) is 16.5. The van der Waals surface area contributed by atoms with Crippen LogP contribution >= 0.6 is 11.3 Å². The average Bonchev–Trinajstić information content (AvgIpc) is 3.09. The number of hydrogen-bond acceptors (Lipinski definition) is 4. The molecule has 0 aliphatic carbocycles. The van der Waals surface area contributed by atoms with Crippen molar-refractivity contribution >= 4 is 23.2 Å². The molecule has 0 aromatic carbocycles. The van der Waals surface area contributed by atoms with Crippen molar-refractivity contribution in [1.82, 2.24) is 14.7 Å². The van der Waals surface area contributed by atoms with E-state index in [0.717, 1.165) is 36.4 Å². The van der Waals surface area contributed by atoms with E-state index in [-0.39, 0.29) is 18.4 Å². The Morgan fingerprint density at radius 1 is 1.39 bits per heavy atom. The molecule has 2 aliphatic heterocycles. The van der Waals surface area contributed by atoms with E-state index in [0.29, 0.717) is 18.5 Å². The van der Waals surface area contributed by atoms with Crippen LogP contribution in [0.4, 0.5) is 0 Å². The number of aryl methyl sites for hydroxylation is 1. The molecule has 6 heteroatoms. The van der Waals surface area contributed by atoms with Crippen molar-refractivity contribution in [3.63, 3.8) is 0 Å². The highest BCUT2D eigenvalue weighted by atomic mass is 32.1. The monoisotopic (exact) mass is 335 g/mol. The Labute approximate surface area is 141 Å². The van der Waals surface area contributed by atoms with Gasteiger partial charge in [-0.2, -0.15) is 0 Å². The van der Waals surface area contributed by atoms with Crippen LogP contribution in [0.5, 0.6) is 0 Å². The number of carbonyl (C=O) groups is 2. The van der Waals surface area contributed by atoms with Gasteiger partial charge in [0.15, 0.2) is 0 Å². The third-order valence-electron chi connectivity index (χ3n) is 5.01. The van der Waals surface area contributed by atoms with Crippen molar-refractivity contribution in [3.8, 4) is 0 Å². The molecular weight excluding hydrogens is 310 g/mol. The van der Waals surface area contributed by atoms with Gasteiger partial charge in [0, 0.05) is 30.6 Å². The van der Waals surface area contributed by atoms with E-state index < -0.39 is 0 Å². The van der Waals surface area contributed by atoms with E-state index in [9.17, 15) is 9.59 Å². The molecule has 1 aromatic rings. The highest BCUT2D eigenvalue weighted by molar-refractivity contribution is 7.10. The van der Waals surface area contributed by atoms with Crippen LogP contribution in [0.15, 0.2) is 11.4 Å². The zero-order valence-electron chi connectivity index (χ0n) is 14.1. The number of carbonyl (C=O) groups excluding carboxylic acids is 2. The minimum atomic E-state index is 0.0171. The molecule has 0 radical (unpaired) electrons. The van der Waals surface area contributed by atoms with Crippen molar-refractivity contribution in [2.24, 2.45) is 5.92 Å². The minimum absolute atomic E-state index is 0.0171. The Kier molecular flexibility index (Phi) is 4.73. The topological polar surface area (TPSA) is 43.9 Å². The van der Waals surface area contributed by atoms with Crippen molar-refractivity contribution in [2.45, 2.75) is 25.8 Å². The van der Waals surface area contributed by atoms with E-state index in [4.69, 9.17) is 0 Å². The van der Waals surface area contributed by atoms with Crippen molar-refractivity contribution in [2.75, 3.05) is 40.3 Å². The lowest BCUT2D eigenvalue weighted by atomic mass is 10.1. The number of nitrogens with zero attached hydrogens (tertiary/aromatic N) is 3. The molecule has 2 aliphatic rings. The number of rotatable bonds is 3. The molecule has 5 nitrogen and oxygen atoms in total. The predicted molar refractivity (Wildman–Crippen MR) is 91.8 cm³/mol. The van der Waals surface area contributed by atoms with Gasteiger partial charge in [0.1, 0.15) is 6.54 Å². The normalized spacial score (nSPS) is 25.0. The second-order valence-corrected chi connectivity index (χ2v) is 7.90. The number of hydrogen-bond donors (Lipinski definition) is 0. The SMILES string of the molecule is C[C@@H]1CN(C(=O)CN2CCCc3sccc3C2=O)C[C@H]1N(C)C. The Hall–Kier alpha value is -1.40. The van der Waals surface area contributed by atoms with Gasteiger partial charge in [0.05, 0.1) is 5.56 Å². The summed E-state index contributed by atoms with van der Waals surface area (Å²) in [4.78, 5) is 32.3.